The van der Waals surface area contributed by atoms with Crippen molar-refractivity contribution in [2.24, 2.45) is 0 Å². The number of rotatable bonds is 3. The molecule has 17 heavy (non-hydrogen) atoms. The highest BCUT2D eigenvalue weighted by Crippen LogP contribution is 2.15. The van der Waals surface area contributed by atoms with Crippen LogP contribution in [0.1, 0.15) is 5.56 Å². The van der Waals surface area contributed by atoms with E-state index in [2.05, 4.69) is 9.97 Å². The number of hydrogen-bond acceptors (Lipinski definition) is 4. The van der Waals surface area contributed by atoms with Gasteiger partial charge in [-0.3, -0.25) is 0 Å². The Kier molecular flexibility index (Phi) is 3.44. The van der Waals surface area contributed by atoms with Gasteiger partial charge in [0.2, 0.25) is 0 Å². The number of nitrogens with two attached hydrogens (primary N) is 1. The number of nitrogens with zero attached hydrogens (tertiary/aromatic N) is 3. The van der Waals surface area contributed by atoms with E-state index in [0.717, 1.165) is 22.9 Å². The van der Waals surface area contributed by atoms with Gasteiger partial charge in [0.25, 0.3) is 0 Å². The molecular formula is C12H13ClN4. The van der Waals surface area contributed by atoms with Crippen molar-refractivity contribution in [1.82, 2.24) is 9.97 Å². The number of anilines is 2. The van der Waals surface area contributed by atoms with E-state index in [-0.39, 0.29) is 0 Å². The molecule has 0 aliphatic heterocycles. The number of halogens is 1. The van der Waals surface area contributed by atoms with E-state index in [9.17, 15) is 0 Å². The fourth-order valence-corrected chi connectivity index (χ4v) is 1.64. The second kappa shape index (κ2) is 5.01. The Morgan fingerprint density at radius 2 is 1.94 bits per heavy atom. The molecule has 0 saturated carbocycles. The summed E-state index contributed by atoms with van der Waals surface area (Å²) in [6.45, 7) is 0.744. The van der Waals surface area contributed by atoms with E-state index < -0.39 is 0 Å². The first-order valence-corrected chi connectivity index (χ1v) is 5.56. The largest absolute Gasteiger partial charge is 0.384 e. The SMILES string of the molecule is CN(Cc1ccc(Cl)cc1)c1cc(N)ncn1. The van der Waals surface area contributed by atoms with Gasteiger partial charge < -0.3 is 10.6 Å². The van der Waals surface area contributed by atoms with Crippen molar-refractivity contribution in [3.63, 3.8) is 0 Å². The van der Waals surface area contributed by atoms with E-state index in [1.165, 1.54) is 6.33 Å². The van der Waals surface area contributed by atoms with E-state index in [0.29, 0.717) is 5.82 Å². The van der Waals surface area contributed by atoms with Gasteiger partial charge in [0.05, 0.1) is 0 Å². The van der Waals surface area contributed by atoms with Crippen molar-refractivity contribution in [3.8, 4) is 0 Å². The minimum Gasteiger partial charge on any atom is -0.384 e. The molecule has 5 heteroatoms. The van der Waals surface area contributed by atoms with Gasteiger partial charge in [-0.15, -0.1) is 0 Å². The Hall–Kier alpha value is -1.81. The number of hydrogen-bond donors (Lipinski definition) is 1. The second-order valence-electron chi connectivity index (χ2n) is 3.78. The maximum absolute atomic E-state index is 5.84. The second-order valence-corrected chi connectivity index (χ2v) is 4.22. The van der Waals surface area contributed by atoms with Gasteiger partial charge in [-0.1, -0.05) is 23.7 Å². The van der Waals surface area contributed by atoms with Crippen molar-refractivity contribution in [2.75, 3.05) is 17.7 Å². The molecule has 1 aromatic heterocycles. The monoisotopic (exact) mass is 248 g/mol. The lowest BCUT2D eigenvalue weighted by Gasteiger charge is -2.18. The maximum atomic E-state index is 5.84. The van der Waals surface area contributed by atoms with Gasteiger partial charge >= 0.3 is 0 Å². The third kappa shape index (κ3) is 3.07. The van der Waals surface area contributed by atoms with Crippen LogP contribution in [-0.4, -0.2) is 17.0 Å². The lowest BCUT2D eigenvalue weighted by molar-refractivity contribution is 0.892. The highest BCUT2D eigenvalue weighted by molar-refractivity contribution is 6.30. The zero-order valence-electron chi connectivity index (χ0n) is 9.47. The van der Waals surface area contributed by atoms with Crippen molar-refractivity contribution in [2.45, 2.75) is 6.54 Å². The van der Waals surface area contributed by atoms with Crippen LogP contribution in [0.3, 0.4) is 0 Å². The summed E-state index contributed by atoms with van der Waals surface area (Å²) in [5, 5.41) is 0.739. The number of nitrogen functional groups attached to an aromatic ring is 1. The fraction of sp³-hybridized carbons (Fsp3) is 0.167. The first-order valence-electron chi connectivity index (χ1n) is 5.18. The highest BCUT2D eigenvalue weighted by Gasteiger charge is 2.04. The minimum absolute atomic E-state index is 0.470. The van der Waals surface area contributed by atoms with Gasteiger partial charge in [0.15, 0.2) is 0 Å². The molecular weight excluding hydrogens is 236 g/mol. The average Bonchev–Trinajstić information content (AvgIpc) is 2.32. The first-order chi connectivity index (χ1) is 8.15. The molecule has 1 aromatic carbocycles. The smallest absolute Gasteiger partial charge is 0.134 e. The molecule has 2 aromatic rings. The molecule has 2 N–H and O–H groups in total. The van der Waals surface area contributed by atoms with Gasteiger partial charge in [-0.2, -0.15) is 0 Å². The lowest BCUT2D eigenvalue weighted by atomic mass is 10.2. The zero-order chi connectivity index (χ0) is 12.3. The minimum atomic E-state index is 0.470. The topological polar surface area (TPSA) is 55.0 Å². The van der Waals surface area contributed by atoms with E-state index >= 15 is 0 Å². The van der Waals surface area contributed by atoms with E-state index in [4.69, 9.17) is 17.3 Å². The Balaban J connectivity index is 2.11. The average molecular weight is 249 g/mol. The molecule has 0 saturated heterocycles. The predicted octanol–water partition coefficient (Wildman–Crippen LogP) is 2.35. The predicted molar refractivity (Wildman–Crippen MR) is 70.0 cm³/mol. The van der Waals surface area contributed by atoms with Crippen LogP contribution in [0.15, 0.2) is 36.7 Å². The van der Waals surface area contributed by atoms with Crippen LogP contribution >= 0.6 is 11.6 Å². The Labute approximate surface area is 105 Å². The third-order valence-corrected chi connectivity index (χ3v) is 2.65. The highest BCUT2D eigenvalue weighted by atomic mass is 35.5. The normalized spacial score (nSPS) is 10.2. The quantitative estimate of drug-likeness (QED) is 0.906. The van der Waals surface area contributed by atoms with Crippen molar-refractivity contribution in [1.29, 1.82) is 0 Å². The van der Waals surface area contributed by atoms with Gasteiger partial charge in [0, 0.05) is 24.7 Å². The first kappa shape index (κ1) is 11.7. The molecule has 88 valence electrons. The summed E-state index contributed by atoms with van der Waals surface area (Å²) < 4.78 is 0. The number of aromatic nitrogens is 2. The molecule has 0 radical (unpaired) electrons. The Morgan fingerprint density at radius 3 is 2.59 bits per heavy atom. The summed E-state index contributed by atoms with van der Waals surface area (Å²) in [7, 11) is 1.95. The van der Waals surface area contributed by atoms with Crippen molar-refractivity contribution < 1.29 is 0 Å². The van der Waals surface area contributed by atoms with Gasteiger partial charge in [0.1, 0.15) is 18.0 Å². The van der Waals surface area contributed by atoms with E-state index in [1.807, 2.05) is 36.2 Å². The van der Waals surface area contributed by atoms with Crippen molar-refractivity contribution >= 4 is 23.2 Å². The Morgan fingerprint density at radius 1 is 1.24 bits per heavy atom. The summed E-state index contributed by atoms with van der Waals surface area (Å²) in [6, 6.07) is 9.47. The van der Waals surface area contributed by atoms with Crippen LogP contribution < -0.4 is 10.6 Å². The molecule has 0 aliphatic rings. The molecule has 0 atom stereocenters. The van der Waals surface area contributed by atoms with Gasteiger partial charge in [-0.25, -0.2) is 9.97 Å². The Bertz CT molecular complexity index is 498. The molecule has 4 nitrogen and oxygen atoms in total. The molecule has 1 heterocycles. The maximum Gasteiger partial charge on any atom is 0.134 e. The summed E-state index contributed by atoms with van der Waals surface area (Å²) in [4.78, 5) is 10.0. The lowest BCUT2D eigenvalue weighted by Crippen LogP contribution is -2.17. The van der Waals surface area contributed by atoms with Crippen LogP contribution in [0.25, 0.3) is 0 Å². The molecule has 2 rings (SSSR count). The third-order valence-electron chi connectivity index (χ3n) is 2.40. The number of benzene rings is 1. The van der Waals surface area contributed by atoms with Crippen LogP contribution in [-0.2, 0) is 6.54 Å². The van der Waals surface area contributed by atoms with Crippen LogP contribution in [0.5, 0.6) is 0 Å². The summed E-state index contributed by atoms with van der Waals surface area (Å²) in [6.07, 6.45) is 1.46. The van der Waals surface area contributed by atoms with Crippen LogP contribution in [0.4, 0.5) is 11.6 Å². The molecule has 0 spiro atoms. The summed E-state index contributed by atoms with van der Waals surface area (Å²) >= 11 is 5.84. The molecule has 0 amide bonds. The summed E-state index contributed by atoms with van der Waals surface area (Å²) in [5.74, 6) is 1.27. The molecule has 0 aliphatic carbocycles. The standard InChI is InChI=1S/C12H13ClN4/c1-17(12-6-11(14)15-8-16-12)7-9-2-4-10(13)5-3-9/h2-6,8H,7H2,1H3,(H2,14,15,16). The van der Waals surface area contributed by atoms with Gasteiger partial charge in [-0.05, 0) is 17.7 Å². The molecule has 0 unspecified atom stereocenters. The zero-order valence-corrected chi connectivity index (χ0v) is 10.2. The fourth-order valence-electron chi connectivity index (χ4n) is 1.51. The van der Waals surface area contributed by atoms with Crippen LogP contribution in [0, 0.1) is 0 Å². The van der Waals surface area contributed by atoms with Crippen molar-refractivity contribution in [3.05, 3.63) is 47.2 Å². The van der Waals surface area contributed by atoms with Crippen LogP contribution in [0.2, 0.25) is 5.02 Å². The molecule has 0 fully saturated rings. The summed E-state index contributed by atoms with van der Waals surface area (Å²) in [5.41, 5.74) is 6.78. The van der Waals surface area contributed by atoms with E-state index in [1.54, 1.807) is 6.07 Å². The molecule has 0 bridgehead atoms.